The third-order valence-electron chi connectivity index (χ3n) is 5.40. The summed E-state index contributed by atoms with van der Waals surface area (Å²) in [5.41, 5.74) is 0.918. The van der Waals surface area contributed by atoms with Crippen molar-refractivity contribution in [3.63, 3.8) is 0 Å². The normalized spacial score (nSPS) is 23.8. The largest absolute Gasteiger partial charge is 0.455 e. The highest BCUT2D eigenvalue weighted by molar-refractivity contribution is 7.86. The zero-order chi connectivity index (χ0) is 23.7. The van der Waals surface area contributed by atoms with Crippen molar-refractivity contribution in [2.75, 3.05) is 12.4 Å². The van der Waals surface area contributed by atoms with Crippen LogP contribution in [-0.4, -0.2) is 62.5 Å². The average molecular weight is 487 g/mol. The molecule has 0 aromatic heterocycles. The molecule has 2 aromatic carbocycles. The third-order valence-corrected chi connectivity index (χ3v) is 7.34. The van der Waals surface area contributed by atoms with Gasteiger partial charge in [-0.05, 0) is 29.8 Å². The summed E-state index contributed by atoms with van der Waals surface area (Å²) < 4.78 is 17.8. The highest BCUT2D eigenvalue weighted by atomic mass is 35.5. The van der Waals surface area contributed by atoms with Crippen molar-refractivity contribution in [1.29, 1.82) is 0 Å². The number of carbonyl (C=O) groups is 4. The molecule has 0 spiro atoms. The van der Waals surface area contributed by atoms with E-state index in [1.807, 2.05) is 0 Å². The number of nitrogens with zero attached hydrogens (tertiary/aromatic N) is 1. The Labute approximate surface area is 197 Å². The molecule has 2 aromatic rings. The number of Topliss-reactive ketones (excluding diaryl/α,β-unsaturated/α-hetero) is 1. The molecule has 2 aliphatic heterocycles. The average Bonchev–Trinajstić information content (AvgIpc) is 2.81. The van der Waals surface area contributed by atoms with Gasteiger partial charge in [-0.25, -0.2) is 4.79 Å². The molecule has 170 valence electrons. The van der Waals surface area contributed by atoms with Gasteiger partial charge in [-0.15, -0.1) is 0 Å². The number of ether oxygens (including phenoxy) is 1. The second kappa shape index (κ2) is 9.29. The summed E-state index contributed by atoms with van der Waals surface area (Å²) in [6.45, 7) is 3.27. The summed E-state index contributed by atoms with van der Waals surface area (Å²) in [4.78, 5) is 51.4. The third kappa shape index (κ3) is 4.46. The van der Waals surface area contributed by atoms with Gasteiger partial charge < -0.3 is 15.0 Å². The summed E-state index contributed by atoms with van der Waals surface area (Å²) in [5.74, 6) is -2.37. The molecule has 1 N–H and O–H groups in total. The number of rotatable bonds is 6. The van der Waals surface area contributed by atoms with Crippen LogP contribution < -0.4 is 5.32 Å². The molecule has 8 nitrogen and oxygen atoms in total. The number of carbonyl (C=O) groups excluding carboxylic acids is 4. The molecule has 0 saturated carbocycles. The van der Waals surface area contributed by atoms with Gasteiger partial charge >= 0.3 is 5.97 Å². The maximum atomic E-state index is 12.8. The fourth-order valence-electron chi connectivity index (χ4n) is 3.74. The van der Waals surface area contributed by atoms with E-state index in [-0.39, 0.29) is 16.9 Å². The molecule has 2 heterocycles. The number of β-lactam (4-membered cyclic amide) rings is 1. The van der Waals surface area contributed by atoms with Gasteiger partial charge in [0.05, 0.1) is 10.8 Å². The quantitative estimate of drug-likeness (QED) is 0.288. The van der Waals surface area contributed by atoms with Crippen LogP contribution in [0.4, 0.5) is 0 Å². The highest BCUT2D eigenvalue weighted by Crippen LogP contribution is 2.35. The zero-order valence-corrected chi connectivity index (χ0v) is 18.8. The van der Waals surface area contributed by atoms with E-state index in [1.165, 1.54) is 24.3 Å². The van der Waals surface area contributed by atoms with Gasteiger partial charge in [-0.1, -0.05) is 48.5 Å². The minimum absolute atomic E-state index is 0.0336. The minimum Gasteiger partial charge on any atom is -0.455 e. The van der Waals surface area contributed by atoms with Crippen LogP contribution in [0.25, 0.3) is 0 Å². The number of fused-ring (bicyclic) bond motifs is 1. The standard InChI is InChI=1S/C23H19ClN2O6S/c1-13-12-33(31)22-18(25-20(28)15-7-9-16(24)10-8-15)21(29)26(22)19(13)23(30)32-11-17(27)14-5-3-2-4-6-14/h2-10,18-19,22H,1,11-12H2,(H,25,28)/t18?,19?,22-,33?/m0/s1. The Morgan fingerprint density at radius 1 is 1.09 bits per heavy atom. The van der Waals surface area contributed by atoms with E-state index in [0.29, 0.717) is 10.6 Å². The fraction of sp³-hybridized carbons (Fsp3) is 0.217. The first-order valence-corrected chi connectivity index (χ1v) is 11.7. The molecule has 3 unspecified atom stereocenters. The van der Waals surface area contributed by atoms with Gasteiger partial charge in [0.2, 0.25) is 5.91 Å². The molecule has 2 fully saturated rings. The lowest BCUT2D eigenvalue weighted by Crippen LogP contribution is -2.77. The summed E-state index contributed by atoms with van der Waals surface area (Å²) in [6.07, 6.45) is 0. The predicted molar refractivity (Wildman–Crippen MR) is 121 cm³/mol. The van der Waals surface area contributed by atoms with E-state index in [4.69, 9.17) is 16.3 Å². The van der Waals surface area contributed by atoms with E-state index < -0.39 is 58.4 Å². The first-order chi connectivity index (χ1) is 15.8. The Balaban J connectivity index is 1.44. The maximum Gasteiger partial charge on any atom is 0.333 e. The van der Waals surface area contributed by atoms with Gasteiger partial charge in [-0.3, -0.25) is 18.6 Å². The Bertz CT molecular complexity index is 1170. The Hall–Kier alpha value is -3.30. The van der Waals surface area contributed by atoms with Crippen LogP contribution in [-0.2, 0) is 25.1 Å². The van der Waals surface area contributed by atoms with E-state index in [0.717, 1.165) is 4.90 Å². The molecule has 0 bridgehead atoms. The lowest BCUT2D eigenvalue weighted by molar-refractivity contribution is -0.161. The molecule has 0 aliphatic carbocycles. The van der Waals surface area contributed by atoms with Gasteiger partial charge in [0.25, 0.3) is 5.91 Å². The van der Waals surface area contributed by atoms with Crippen LogP contribution in [0.2, 0.25) is 5.02 Å². The Morgan fingerprint density at radius 2 is 1.76 bits per heavy atom. The first kappa shape index (κ1) is 22.9. The number of nitrogens with one attached hydrogen (secondary N) is 1. The number of esters is 1. The van der Waals surface area contributed by atoms with Crippen molar-refractivity contribution >= 4 is 46.0 Å². The van der Waals surface area contributed by atoms with Gasteiger partial charge in [0.15, 0.2) is 18.4 Å². The van der Waals surface area contributed by atoms with Gasteiger partial charge in [-0.2, -0.15) is 0 Å². The van der Waals surface area contributed by atoms with Crippen LogP contribution in [0.1, 0.15) is 20.7 Å². The number of halogens is 1. The molecule has 10 heteroatoms. The lowest BCUT2D eigenvalue weighted by Gasteiger charge is -2.52. The molecule has 2 amide bonds. The van der Waals surface area contributed by atoms with Crippen LogP contribution >= 0.6 is 11.6 Å². The van der Waals surface area contributed by atoms with Crippen molar-refractivity contribution in [2.45, 2.75) is 17.5 Å². The fourth-order valence-corrected chi connectivity index (χ4v) is 5.53. The zero-order valence-electron chi connectivity index (χ0n) is 17.2. The predicted octanol–water partition coefficient (Wildman–Crippen LogP) is 1.72. The van der Waals surface area contributed by atoms with E-state index in [2.05, 4.69) is 11.9 Å². The van der Waals surface area contributed by atoms with Crippen molar-refractivity contribution in [2.24, 2.45) is 0 Å². The van der Waals surface area contributed by atoms with E-state index >= 15 is 0 Å². The molecule has 2 aliphatic rings. The van der Waals surface area contributed by atoms with E-state index in [9.17, 15) is 23.4 Å². The summed E-state index contributed by atoms with van der Waals surface area (Å²) in [5, 5.41) is 2.13. The van der Waals surface area contributed by atoms with Crippen molar-refractivity contribution in [3.05, 3.63) is 82.9 Å². The Morgan fingerprint density at radius 3 is 2.42 bits per heavy atom. The number of benzene rings is 2. The topological polar surface area (TPSA) is 110 Å². The van der Waals surface area contributed by atoms with Crippen LogP contribution in [0.3, 0.4) is 0 Å². The molecule has 4 rings (SSSR count). The molecule has 2 saturated heterocycles. The van der Waals surface area contributed by atoms with Crippen LogP contribution in [0, 0.1) is 0 Å². The summed E-state index contributed by atoms with van der Waals surface area (Å²) in [6, 6.07) is 12.2. The smallest absolute Gasteiger partial charge is 0.333 e. The molecular formula is C23H19ClN2O6S. The molecule has 0 radical (unpaired) electrons. The summed E-state index contributed by atoms with van der Waals surface area (Å²) in [7, 11) is -1.57. The van der Waals surface area contributed by atoms with Gasteiger partial charge in [0.1, 0.15) is 11.4 Å². The number of hydrogen-bond donors (Lipinski definition) is 1. The Kier molecular flexibility index (Phi) is 6.44. The maximum absolute atomic E-state index is 12.8. The molecule has 33 heavy (non-hydrogen) atoms. The minimum atomic E-state index is -1.57. The summed E-state index contributed by atoms with van der Waals surface area (Å²) >= 11 is 5.83. The van der Waals surface area contributed by atoms with Gasteiger partial charge in [0, 0.05) is 21.9 Å². The van der Waals surface area contributed by atoms with Crippen LogP contribution in [0.5, 0.6) is 0 Å². The molecular weight excluding hydrogens is 468 g/mol. The lowest BCUT2D eigenvalue weighted by atomic mass is 9.98. The SMILES string of the molecule is C=C1CS(=O)[C@H]2C(NC(=O)c3ccc(Cl)cc3)C(=O)N2C1C(=O)OCC(=O)c1ccccc1. The van der Waals surface area contributed by atoms with E-state index in [1.54, 1.807) is 30.3 Å². The first-order valence-electron chi connectivity index (χ1n) is 9.96. The number of ketones is 1. The number of hydrogen-bond acceptors (Lipinski definition) is 6. The monoisotopic (exact) mass is 486 g/mol. The van der Waals surface area contributed by atoms with Crippen LogP contribution in [0.15, 0.2) is 66.7 Å². The molecule has 4 atom stereocenters. The van der Waals surface area contributed by atoms with Crippen molar-refractivity contribution in [1.82, 2.24) is 10.2 Å². The second-order valence-corrected chi connectivity index (χ2v) is 9.55. The number of amides is 2. The second-order valence-electron chi connectivity index (χ2n) is 7.58. The van der Waals surface area contributed by atoms with Crippen molar-refractivity contribution < 1.29 is 28.1 Å². The highest BCUT2D eigenvalue weighted by Gasteiger charge is 2.59. The van der Waals surface area contributed by atoms with Crippen molar-refractivity contribution in [3.8, 4) is 0 Å².